The molecule has 0 amide bonds. The normalized spacial score (nSPS) is 12.0. The zero-order valence-corrected chi connectivity index (χ0v) is 13.3. The van der Waals surface area contributed by atoms with Crippen molar-refractivity contribution >= 4 is 5.78 Å². The summed E-state index contributed by atoms with van der Waals surface area (Å²) in [4.78, 5) is 12.2. The van der Waals surface area contributed by atoms with Crippen molar-refractivity contribution in [3.8, 4) is 5.75 Å². The molecule has 0 heterocycles. The molecule has 0 aliphatic carbocycles. The largest absolute Gasteiger partial charge is 0.486 e. The van der Waals surface area contributed by atoms with E-state index in [-0.39, 0.29) is 24.1 Å². The van der Waals surface area contributed by atoms with Crippen LogP contribution in [-0.4, -0.2) is 5.78 Å². The Morgan fingerprint density at radius 2 is 1.83 bits per heavy atom. The molecule has 0 aliphatic rings. The van der Waals surface area contributed by atoms with E-state index >= 15 is 0 Å². The average molecular weight is 318 g/mol. The minimum Gasteiger partial charge on any atom is -0.486 e. The van der Waals surface area contributed by atoms with Crippen LogP contribution in [0.5, 0.6) is 5.75 Å². The van der Waals surface area contributed by atoms with Crippen molar-refractivity contribution in [3.63, 3.8) is 0 Å². The van der Waals surface area contributed by atoms with Gasteiger partial charge in [0.1, 0.15) is 12.4 Å². The summed E-state index contributed by atoms with van der Waals surface area (Å²) in [7, 11) is 0. The third-order valence-corrected chi connectivity index (χ3v) is 3.70. The Morgan fingerprint density at radius 3 is 2.48 bits per heavy atom. The van der Waals surface area contributed by atoms with Crippen LogP contribution in [0.15, 0.2) is 42.5 Å². The van der Waals surface area contributed by atoms with Gasteiger partial charge in [-0.2, -0.15) is 0 Å². The van der Waals surface area contributed by atoms with E-state index in [0.717, 1.165) is 36.6 Å². The van der Waals surface area contributed by atoms with Crippen LogP contribution in [0.1, 0.15) is 42.6 Å². The molecular weight excluding hydrogens is 298 g/mol. The number of ether oxygens (including phenoxy) is 1. The van der Waals surface area contributed by atoms with E-state index in [1.807, 2.05) is 6.92 Å². The number of hydrogen-bond acceptors (Lipinski definition) is 2. The molecular formula is C19H20F2O2. The highest BCUT2D eigenvalue weighted by molar-refractivity contribution is 5.97. The van der Waals surface area contributed by atoms with Crippen LogP contribution in [0, 0.1) is 17.6 Å². The molecule has 0 saturated heterocycles. The molecule has 0 radical (unpaired) electrons. The van der Waals surface area contributed by atoms with Crippen molar-refractivity contribution in [2.45, 2.75) is 33.3 Å². The van der Waals surface area contributed by atoms with Crippen LogP contribution >= 0.6 is 0 Å². The van der Waals surface area contributed by atoms with E-state index in [9.17, 15) is 13.6 Å². The van der Waals surface area contributed by atoms with E-state index in [2.05, 4.69) is 6.92 Å². The summed E-state index contributed by atoms with van der Waals surface area (Å²) in [5.74, 6) is -1.15. The molecule has 23 heavy (non-hydrogen) atoms. The van der Waals surface area contributed by atoms with E-state index in [0.29, 0.717) is 5.56 Å². The van der Waals surface area contributed by atoms with Crippen molar-refractivity contribution in [1.82, 2.24) is 0 Å². The summed E-state index contributed by atoms with van der Waals surface area (Å²) in [6.45, 7) is 4.09. The van der Waals surface area contributed by atoms with Gasteiger partial charge >= 0.3 is 0 Å². The maximum absolute atomic E-state index is 13.5. The molecule has 1 unspecified atom stereocenters. The molecule has 2 aromatic rings. The van der Waals surface area contributed by atoms with Gasteiger partial charge in [0, 0.05) is 17.5 Å². The van der Waals surface area contributed by atoms with Crippen LogP contribution in [0.25, 0.3) is 0 Å². The second-order valence-corrected chi connectivity index (χ2v) is 5.61. The van der Waals surface area contributed by atoms with Crippen molar-refractivity contribution in [3.05, 3.63) is 65.2 Å². The Labute approximate surface area is 135 Å². The van der Waals surface area contributed by atoms with Crippen LogP contribution < -0.4 is 4.74 Å². The lowest BCUT2D eigenvalue weighted by molar-refractivity contribution is 0.0923. The topological polar surface area (TPSA) is 26.3 Å². The first kappa shape index (κ1) is 17.1. The maximum atomic E-state index is 13.5. The Kier molecular flexibility index (Phi) is 5.85. The Bertz CT molecular complexity index is 666. The molecule has 0 aliphatic heterocycles. The van der Waals surface area contributed by atoms with Crippen molar-refractivity contribution < 1.29 is 18.3 Å². The Morgan fingerprint density at radius 1 is 1.13 bits per heavy atom. The lowest BCUT2D eigenvalue weighted by Crippen LogP contribution is -2.11. The second kappa shape index (κ2) is 7.86. The third kappa shape index (κ3) is 4.62. The van der Waals surface area contributed by atoms with Crippen molar-refractivity contribution in [2.75, 3.05) is 0 Å². The minimum absolute atomic E-state index is 0.00323. The number of hydrogen-bond donors (Lipinski definition) is 0. The minimum atomic E-state index is -0.605. The smallest absolute Gasteiger partial charge is 0.165 e. The van der Waals surface area contributed by atoms with Crippen LogP contribution in [0.4, 0.5) is 8.78 Å². The molecule has 2 rings (SSSR count). The highest BCUT2D eigenvalue weighted by Crippen LogP contribution is 2.20. The molecule has 122 valence electrons. The molecule has 2 nitrogen and oxygen atoms in total. The van der Waals surface area contributed by atoms with Gasteiger partial charge in [-0.05, 0) is 24.1 Å². The van der Waals surface area contributed by atoms with Crippen molar-refractivity contribution in [2.24, 2.45) is 5.92 Å². The van der Waals surface area contributed by atoms with Gasteiger partial charge in [-0.1, -0.05) is 44.5 Å². The summed E-state index contributed by atoms with van der Waals surface area (Å²) in [5.41, 5.74) is 1.44. The molecule has 2 aromatic carbocycles. The summed E-state index contributed by atoms with van der Waals surface area (Å²) in [6, 6.07) is 10.1. The predicted octanol–water partition coefficient (Wildman–Crippen LogP) is 5.16. The monoisotopic (exact) mass is 318 g/mol. The lowest BCUT2D eigenvalue weighted by atomic mass is 9.95. The van der Waals surface area contributed by atoms with Gasteiger partial charge in [-0.25, -0.2) is 8.78 Å². The first-order valence-corrected chi connectivity index (χ1v) is 7.72. The zero-order chi connectivity index (χ0) is 16.8. The second-order valence-electron chi connectivity index (χ2n) is 5.61. The third-order valence-electron chi connectivity index (χ3n) is 3.70. The van der Waals surface area contributed by atoms with E-state index < -0.39 is 11.6 Å². The number of ketones is 1. The standard InChI is InChI=1S/C19H20F2O2/c1-3-4-13(2)19(22)15-7-5-14(6-8-15)12-23-18-11-16(20)9-10-17(18)21/h5-11,13H,3-4,12H2,1-2H3. The highest BCUT2D eigenvalue weighted by Gasteiger charge is 2.14. The number of Topliss-reactive ketones (excluding diaryl/α,β-unsaturated/α-hetero) is 1. The SMILES string of the molecule is CCCC(C)C(=O)c1ccc(COc2cc(F)ccc2F)cc1. The summed E-state index contributed by atoms with van der Waals surface area (Å²) < 4.78 is 31.8. The van der Waals surface area contributed by atoms with Crippen molar-refractivity contribution in [1.29, 1.82) is 0 Å². The fraction of sp³-hybridized carbons (Fsp3) is 0.316. The zero-order valence-electron chi connectivity index (χ0n) is 13.3. The number of rotatable bonds is 7. The predicted molar refractivity (Wildman–Crippen MR) is 85.5 cm³/mol. The maximum Gasteiger partial charge on any atom is 0.165 e. The lowest BCUT2D eigenvalue weighted by Gasteiger charge is -2.10. The van der Waals surface area contributed by atoms with Gasteiger partial charge in [0.05, 0.1) is 0 Å². The van der Waals surface area contributed by atoms with Crippen LogP contribution in [0.3, 0.4) is 0 Å². The van der Waals surface area contributed by atoms with Gasteiger partial charge in [-0.3, -0.25) is 4.79 Å². The molecule has 0 aromatic heterocycles. The Balaban J connectivity index is 2.00. The fourth-order valence-electron chi connectivity index (χ4n) is 2.36. The summed E-state index contributed by atoms with van der Waals surface area (Å²) in [5, 5.41) is 0. The van der Waals surface area contributed by atoms with E-state index in [1.165, 1.54) is 0 Å². The molecule has 1 atom stereocenters. The number of carbonyl (C=O) groups excluding carboxylic acids is 1. The molecule has 0 saturated carbocycles. The quantitative estimate of drug-likeness (QED) is 0.659. The molecule has 0 fully saturated rings. The first-order valence-electron chi connectivity index (χ1n) is 7.72. The van der Waals surface area contributed by atoms with Gasteiger partial charge in [0.25, 0.3) is 0 Å². The molecule has 0 bridgehead atoms. The number of halogens is 2. The summed E-state index contributed by atoms with van der Waals surface area (Å²) >= 11 is 0. The molecule has 0 N–H and O–H groups in total. The van der Waals surface area contributed by atoms with E-state index in [4.69, 9.17) is 4.74 Å². The van der Waals surface area contributed by atoms with Gasteiger partial charge in [-0.15, -0.1) is 0 Å². The van der Waals surface area contributed by atoms with Gasteiger partial charge < -0.3 is 4.74 Å². The summed E-state index contributed by atoms with van der Waals surface area (Å²) in [6.07, 6.45) is 1.83. The van der Waals surface area contributed by atoms with Crippen LogP contribution in [-0.2, 0) is 6.61 Å². The fourth-order valence-corrected chi connectivity index (χ4v) is 2.36. The van der Waals surface area contributed by atoms with Gasteiger partial charge in [0.15, 0.2) is 17.3 Å². The highest BCUT2D eigenvalue weighted by atomic mass is 19.1. The first-order chi connectivity index (χ1) is 11.0. The number of carbonyl (C=O) groups is 1. The van der Waals surface area contributed by atoms with Gasteiger partial charge in [0.2, 0.25) is 0 Å². The molecule has 4 heteroatoms. The Hall–Kier alpha value is -2.23. The molecule has 0 spiro atoms. The average Bonchev–Trinajstić information content (AvgIpc) is 2.55. The van der Waals surface area contributed by atoms with Crippen LogP contribution in [0.2, 0.25) is 0 Å². The number of benzene rings is 2. The van der Waals surface area contributed by atoms with E-state index in [1.54, 1.807) is 24.3 Å².